The van der Waals surface area contributed by atoms with E-state index in [0.717, 1.165) is 25.3 Å². The molecule has 0 saturated heterocycles. The smallest absolute Gasteiger partial charge is 0.417 e. The van der Waals surface area contributed by atoms with E-state index in [2.05, 4.69) is 14.8 Å². The molecule has 9 nitrogen and oxygen atoms in total. The first kappa shape index (κ1) is 29.5. The molecule has 0 aliphatic rings. The number of fused-ring (bicyclic) bond motifs is 1. The monoisotopic (exact) mass is 615 g/mol. The number of methoxy groups -OCH3 is 1. The number of esters is 2. The van der Waals surface area contributed by atoms with Crippen molar-refractivity contribution >= 4 is 40.3 Å². The Hall–Kier alpha value is -5.04. The second kappa shape index (κ2) is 11.3. The third-order valence-electron chi connectivity index (χ3n) is 6.27. The molecule has 3 aromatic carbocycles. The summed E-state index contributed by atoms with van der Waals surface area (Å²) in [7, 11) is 1.13. The van der Waals surface area contributed by atoms with Crippen molar-refractivity contribution in [2.75, 3.05) is 7.11 Å². The van der Waals surface area contributed by atoms with E-state index in [0.29, 0.717) is 10.7 Å². The highest BCUT2D eigenvalue weighted by Gasteiger charge is 2.37. The molecule has 0 aliphatic carbocycles. The fraction of sp³-hybridized carbons (Fsp3) is 0.138. The Balaban J connectivity index is 1.71. The molecule has 0 bridgehead atoms. The minimum absolute atomic E-state index is 0.0262. The maximum Gasteiger partial charge on any atom is 0.417 e. The molecule has 0 fully saturated rings. The zero-order chi connectivity index (χ0) is 31.1. The normalized spacial score (nSPS) is 11.5. The zero-order valence-corrected chi connectivity index (χ0v) is 22.9. The van der Waals surface area contributed by atoms with Crippen LogP contribution in [0.2, 0.25) is 5.02 Å². The van der Waals surface area contributed by atoms with Crippen LogP contribution in [0.5, 0.6) is 0 Å². The van der Waals surface area contributed by atoms with Crippen LogP contribution in [0.15, 0.2) is 65.2 Å². The van der Waals surface area contributed by atoms with Crippen molar-refractivity contribution < 1.29 is 45.8 Å². The number of hydrogen-bond donors (Lipinski definition) is 0. The number of rotatable bonds is 6. The van der Waals surface area contributed by atoms with Crippen LogP contribution in [0.1, 0.15) is 39.0 Å². The number of carbonyl (C=O) groups is 3. The van der Waals surface area contributed by atoms with Crippen molar-refractivity contribution in [1.82, 2.24) is 14.8 Å². The second-order valence-electron chi connectivity index (χ2n) is 9.06. The van der Waals surface area contributed by atoms with Gasteiger partial charge in [-0.05, 0) is 48.5 Å². The standard InChI is InChI=1S/C29H18ClF4N3O6/c1-14(38)42-13-17-12-35-26(43-17)15-6-9-19-23(11-15)37(27(39)24-20(29(32,33)34)4-3-5-21(24)30)36-25(19)18-8-7-16(10-22(18)31)28(40)41-2/h3-12H,13H2,1-2H3. The fourth-order valence-corrected chi connectivity index (χ4v) is 4.57. The maximum absolute atomic E-state index is 15.3. The molecule has 0 atom stereocenters. The third kappa shape index (κ3) is 5.71. The Labute approximate surface area is 244 Å². The minimum Gasteiger partial charge on any atom is -0.465 e. The van der Waals surface area contributed by atoms with Crippen molar-refractivity contribution in [2.24, 2.45) is 0 Å². The summed E-state index contributed by atoms with van der Waals surface area (Å²) in [6.07, 6.45) is -3.62. The van der Waals surface area contributed by atoms with E-state index in [-0.39, 0.29) is 51.5 Å². The molecule has 5 aromatic rings. The highest BCUT2D eigenvalue weighted by atomic mass is 35.5. The first-order valence-electron chi connectivity index (χ1n) is 12.3. The zero-order valence-electron chi connectivity index (χ0n) is 22.2. The van der Waals surface area contributed by atoms with Crippen LogP contribution in [-0.2, 0) is 27.1 Å². The van der Waals surface area contributed by atoms with Crippen molar-refractivity contribution in [3.8, 4) is 22.7 Å². The molecule has 0 radical (unpaired) electrons. The van der Waals surface area contributed by atoms with E-state index < -0.39 is 46.0 Å². The number of benzene rings is 3. The number of hydrogen-bond acceptors (Lipinski definition) is 8. The molecule has 0 N–H and O–H groups in total. The van der Waals surface area contributed by atoms with Crippen LogP contribution >= 0.6 is 11.6 Å². The SMILES string of the molecule is COC(=O)c1ccc(-c2nn(C(=O)c3c(Cl)cccc3C(F)(F)F)c3cc(-c4ncc(COC(C)=O)o4)ccc23)c(F)c1. The van der Waals surface area contributed by atoms with Gasteiger partial charge in [0.15, 0.2) is 12.4 Å². The number of oxazole rings is 1. The summed E-state index contributed by atoms with van der Waals surface area (Å²) in [6.45, 7) is 1.02. The Morgan fingerprint density at radius 2 is 1.84 bits per heavy atom. The summed E-state index contributed by atoms with van der Waals surface area (Å²) in [5, 5.41) is 3.92. The predicted molar refractivity (Wildman–Crippen MR) is 144 cm³/mol. The van der Waals surface area contributed by atoms with Gasteiger partial charge in [-0.2, -0.15) is 23.0 Å². The van der Waals surface area contributed by atoms with Crippen LogP contribution in [0, 0.1) is 5.82 Å². The quantitative estimate of drug-likeness (QED) is 0.153. The Morgan fingerprint density at radius 3 is 2.51 bits per heavy atom. The molecule has 2 aromatic heterocycles. The molecule has 220 valence electrons. The molecule has 0 unspecified atom stereocenters. The van der Waals surface area contributed by atoms with E-state index in [1.54, 1.807) is 0 Å². The van der Waals surface area contributed by atoms with Gasteiger partial charge in [0.2, 0.25) is 5.89 Å². The average Bonchev–Trinajstić information content (AvgIpc) is 3.59. The molecule has 43 heavy (non-hydrogen) atoms. The molecule has 14 heteroatoms. The van der Waals surface area contributed by atoms with Crippen molar-refractivity contribution in [3.63, 3.8) is 0 Å². The second-order valence-corrected chi connectivity index (χ2v) is 9.46. The van der Waals surface area contributed by atoms with Gasteiger partial charge in [0, 0.05) is 23.4 Å². The molecule has 5 rings (SSSR count). The molecule has 0 amide bonds. The molecule has 0 aliphatic heterocycles. The number of nitrogens with zero attached hydrogens (tertiary/aromatic N) is 3. The van der Waals surface area contributed by atoms with Crippen LogP contribution < -0.4 is 0 Å². The number of ether oxygens (including phenoxy) is 2. The van der Waals surface area contributed by atoms with Gasteiger partial charge >= 0.3 is 18.1 Å². The van der Waals surface area contributed by atoms with Gasteiger partial charge in [0.1, 0.15) is 11.5 Å². The highest BCUT2D eigenvalue weighted by Crippen LogP contribution is 2.38. The summed E-state index contributed by atoms with van der Waals surface area (Å²) in [4.78, 5) is 40.9. The largest absolute Gasteiger partial charge is 0.465 e. The lowest BCUT2D eigenvalue weighted by atomic mass is 10.0. The number of alkyl halides is 3. The van der Waals surface area contributed by atoms with Crippen molar-refractivity contribution in [1.29, 1.82) is 0 Å². The molecule has 2 heterocycles. The highest BCUT2D eigenvalue weighted by molar-refractivity contribution is 6.34. The van der Waals surface area contributed by atoms with Gasteiger partial charge in [-0.1, -0.05) is 17.7 Å². The van der Waals surface area contributed by atoms with Crippen LogP contribution in [0.4, 0.5) is 17.6 Å². The van der Waals surface area contributed by atoms with Crippen LogP contribution in [0.3, 0.4) is 0 Å². The molecular formula is C29H18ClF4N3O6. The molecule has 0 saturated carbocycles. The fourth-order valence-electron chi connectivity index (χ4n) is 4.32. The first-order valence-corrected chi connectivity index (χ1v) is 12.7. The number of halogens is 5. The van der Waals surface area contributed by atoms with Crippen LogP contribution in [-0.4, -0.2) is 39.7 Å². The lowest BCUT2D eigenvalue weighted by Gasteiger charge is -2.13. The van der Waals surface area contributed by atoms with Gasteiger partial charge < -0.3 is 13.9 Å². The van der Waals surface area contributed by atoms with E-state index in [9.17, 15) is 27.6 Å². The summed E-state index contributed by atoms with van der Waals surface area (Å²) in [6, 6.07) is 10.7. The minimum atomic E-state index is -4.93. The first-order chi connectivity index (χ1) is 20.4. The number of carbonyl (C=O) groups excluding carboxylic acids is 3. The summed E-state index contributed by atoms with van der Waals surface area (Å²) < 4.78 is 72.8. The maximum atomic E-state index is 15.3. The predicted octanol–water partition coefficient (Wildman–Crippen LogP) is 6.71. The lowest BCUT2D eigenvalue weighted by molar-refractivity contribution is -0.142. The topological polar surface area (TPSA) is 114 Å². The van der Waals surface area contributed by atoms with Gasteiger partial charge in [-0.15, -0.1) is 0 Å². The lowest BCUT2D eigenvalue weighted by Crippen LogP contribution is -2.20. The van der Waals surface area contributed by atoms with Gasteiger partial charge in [0.05, 0.1) is 40.5 Å². The molecule has 0 spiro atoms. The summed E-state index contributed by atoms with van der Waals surface area (Å²) in [5.41, 5.74) is -2.24. The van der Waals surface area contributed by atoms with E-state index in [1.807, 2.05) is 0 Å². The van der Waals surface area contributed by atoms with Gasteiger partial charge in [0.25, 0.3) is 5.91 Å². The Morgan fingerprint density at radius 1 is 1.07 bits per heavy atom. The van der Waals surface area contributed by atoms with E-state index in [1.165, 1.54) is 43.5 Å². The Bertz CT molecular complexity index is 1910. The summed E-state index contributed by atoms with van der Waals surface area (Å²) in [5.74, 6) is -3.23. The van der Waals surface area contributed by atoms with Crippen LogP contribution in [0.25, 0.3) is 33.6 Å². The van der Waals surface area contributed by atoms with E-state index >= 15 is 4.39 Å². The van der Waals surface area contributed by atoms with E-state index in [4.69, 9.17) is 20.8 Å². The van der Waals surface area contributed by atoms with Gasteiger partial charge in [-0.25, -0.2) is 14.2 Å². The van der Waals surface area contributed by atoms with Crippen molar-refractivity contribution in [3.05, 3.63) is 94.1 Å². The Kier molecular flexibility index (Phi) is 7.76. The average molecular weight is 616 g/mol. The molecular weight excluding hydrogens is 598 g/mol. The third-order valence-corrected chi connectivity index (χ3v) is 6.58. The van der Waals surface area contributed by atoms with Crippen molar-refractivity contribution in [2.45, 2.75) is 19.7 Å². The summed E-state index contributed by atoms with van der Waals surface area (Å²) >= 11 is 6.10. The number of aromatic nitrogens is 3. The van der Waals surface area contributed by atoms with Gasteiger partial charge in [-0.3, -0.25) is 9.59 Å².